The van der Waals surface area contributed by atoms with Crippen LogP contribution in [-0.4, -0.2) is 29.2 Å². The molecule has 0 radical (unpaired) electrons. The van der Waals surface area contributed by atoms with E-state index in [9.17, 15) is 14.4 Å². The highest BCUT2D eigenvalue weighted by molar-refractivity contribution is 6.06. The molecule has 0 aromatic heterocycles. The molecule has 5 heteroatoms. The molecule has 162 valence electrons. The summed E-state index contributed by atoms with van der Waals surface area (Å²) in [5, 5.41) is 0. The van der Waals surface area contributed by atoms with E-state index in [4.69, 9.17) is 4.74 Å². The third-order valence-electron chi connectivity index (χ3n) is 7.70. The molecule has 3 fully saturated rings. The number of benzene rings is 2. The summed E-state index contributed by atoms with van der Waals surface area (Å²) in [5.41, 5.74) is 2.35. The predicted octanol–water partition coefficient (Wildman–Crippen LogP) is 3.63. The van der Waals surface area contributed by atoms with Crippen LogP contribution in [0.25, 0.3) is 0 Å². The Morgan fingerprint density at radius 1 is 0.844 bits per heavy atom. The molecular formula is C27H25NO4. The van der Waals surface area contributed by atoms with Crippen molar-refractivity contribution in [3.63, 3.8) is 0 Å². The summed E-state index contributed by atoms with van der Waals surface area (Å²) in [6, 6.07) is 17.6. The number of hydrogen-bond acceptors (Lipinski definition) is 4. The highest BCUT2D eigenvalue weighted by atomic mass is 16.5. The molecular weight excluding hydrogens is 402 g/mol. The summed E-state index contributed by atoms with van der Waals surface area (Å²) in [4.78, 5) is 39.7. The van der Waals surface area contributed by atoms with E-state index >= 15 is 0 Å². The van der Waals surface area contributed by atoms with Crippen LogP contribution in [0.3, 0.4) is 0 Å². The minimum atomic E-state index is -0.430. The number of allylic oxidation sites excluding steroid dienone is 2. The Kier molecular flexibility index (Phi) is 4.53. The van der Waals surface area contributed by atoms with Crippen LogP contribution in [0.1, 0.15) is 24.0 Å². The van der Waals surface area contributed by atoms with Crippen molar-refractivity contribution >= 4 is 17.8 Å². The van der Waals surface area contributed by atoms with Crippen molar-refractivity contribution in [3.8, 4) is 5.75 Å². The lowest BCUT2D eigenvalue weighted by Gasteiger charge is -2.37. The Labute approximate surface area is 187 Å². The SMILES string of the molecule is O=C(CCN1C(=O)[C@@H]2[C@H]3C=C[C@@H]([C@@H]4C[C@@H]34)[C@@H]2C1=O)Oc1ccc(Cc2ccccc2)cc1. The fourth-order valence-corrected chi connectivity index (χ4v) is 6.13. The first kappa shape index (κ1) is 19.5. The van der Waals surface area contributed by atoms with Crippen LogP contribution in [0.15, 0.2) is 66.7 Å². The van der Waals surface area contributed by atoms with Gasteiger partial charge in [-0.1, -0.05) is 54.6 Å². The molecule has 2 amide bonds. The average molecular weight is 428 g/mol. The topological polar surface area (TPSA) is 63.7 Å². The number of amides is 2. The molecule has 5 nitrogen and oxygen atoms in total. The van der Waals surface area contributed by atoms with E-state index in [0.717, 1.165) is 18.4 Å². The largest absolute Gasteiger partial charge is 0.426 e. The maximum atomic E-state index is 13.0. The summed E-state index contributed by atoms with van der Waals surface area (Å²) >= 11 is 0. The zero-order chi connectivity index (χ0) is 21.8. The lowest BCUT2D eigenvalue weighted by Crippen LogP contribution is -2.40. The van der Waals surface area contributed by atoms with Crippen LogP contribution in [-0.2, 0) is 20.8 Å². The number of rotatable bonds is 6. The molecule has 1 saturated heterocycles. The quantitative estimate of drug-likeness (QED) is 0.306. The van der Waals surface area contributed by atoms with Crippen LogP contribution >= 0.6 is 0 Å². The Morgan fingerprint density at radius 3 is 2.06 bits per heavy atom. The molecule has 1 heterocycles. The monoisotopic (exact) mass is 427 g/mol. The van der Waals surface area contributed by atoms with Gasteiger partial charge in [0.05, 0.1) is 18.3 Å². The van der Waals surface area contributed by atoms with Crippen molar-refractivity contribution in [1.29, 1.82) is 0 Å². The first-order chi connectivity index (χ1) is 15.6. The van der Waals surface area contributed by atoms with E-state index in [0.29, 0.717) is 17.6 Å². The second-order valence-electron chi connectivity index (χ2n) is 9.51. The third-order valence-corrected chi connectivity index (χ3v) is 7.70. The molecule has 1 aliphatic heterocycles. The van der Waals surface area contributed by atoms with E-state index in [-0.39, 0.29) is 48.5 Å². The van der Waals surface area contributed by atoms with Crippen molar-refractivity contribution in [1.82, 2.24) is 4.90 Å². The molecule has 2 bridgehead atoms. The number of nitrogens with zero attached hydrogens (tertiary/aromatic N) is 1. The highest BCUT2D eigenvalue weighted by Crippen LogP contribution is 2.65. The molecule has 2 saturated carbocycles. The second kappa shape index (κ2) is 7.44. The highest BCUT2D eigenvalue weighted by Gasteiger charge is 2.66. The Hall–Kier alpha value is -3.21. The summed E-state index contributed by atoms with van der Waals surface area (Å²) in [5.74, 6) is 1.00. The second-order valence-corrected chi connectivity index (χ2v) is 9.51. The van der Waals surface area contributed by atoms with Crippen LogP contribution in [0.5, 0.6) is 5.75 Å². The first-order valence-electron chi connectivity index (χ1n) is 11.5. The predicted molar refractivity (Wildman–Crippen MR) is 117 cm³/mol. The van der Waals surface area contributed by atoms with Crippen LogP contribution in [0, 0.1) is 35.5 Å². The number of carbonyl (C=O) groups excluding carboxylic acids is 3. The number of ether oxygens (including phenoxy) is 1. The van der Waals surface area contributed by atoms with E-state index in [1.807, 2.05) is 30.3 Å². The van der Waals surface area contributed by atoms with Gasteiger partial charge < -0.3 is 4.74 Å². The van der Waals surface area contributed by atoms with E-state index in [1.54, 1.807) is 12.1 Å². The van der Waals surface area contributed by atoms with Gasteiger partial charge in [-0.05, 0) is 59.8 Å². The summed E-state index contributed by atoms with van der Waals surface area (Å²) in [7, 11) is 0. The fraction of sp³-hybridized carbons (Fsp3) is 0.370. The smallest absolute Gasteiger partial charge is 0.312 e. The van der Waals surface area contributed by atoms with Gasteiger partial charge in [0.2, 0.25) is 11.8 Å². The number of likely N-dealkylation sites (tertiary alicyclic amines) is 1. The third kappa shape index (κ3) is 3.19. The normalized spacial score (nSPS) is 31.4. The molecule has 6 atom stereocenters. The van der Waals surface area contributed by atoms with Gasteiger partial charge in [-0.25, -0.2) is 0 Å². The lowest BCUT2D eigenvalue weighted by atomic mass is 9.63. The van der Waals surface area contributed by atoms with E-state index < -0.39 is 5.97 Å². The summed E-state index contributed by atoms with van der Waals surface area (Å²) < 4.78 is 5.45. The minimum absolute atomic E-state index is 0.0122. The van der Waals surface area contributed by atoms with Gasteiger partial charge in [0.15, 0.2) is 0 Å². The van der Waals surface area contributed by atoms with Gasteiger partial charge in [0.25, 0.3) is 0 Å². The van der Waals surface area contributed by atoms with Gasteiger partial charge >= 0.3 is 5.97 Å². The first-order valence-corrected chi connectivity index (χ1v) is 11.5. The number of esters is 1. The van der Waals surface area contributed by atoms with Crippen molar-refractivity contribution in [2.24, 2.45) is 35.5 Å². The molecule has 2 aromatic rings. The van der Waals surface area contributed by atoms with Crippen molar-refractivity contribution in [2.45, 2.75) is 19.3 Å². The van der Waals surface area contributed by atoms with Crippen molar-refractivity contribution < 1.29 is 19.1 Å². The Morgan fingerprint density at radius 2 is 1.44 bits per heavy atom. The maximum absolute atomic E-state index is 13.0. The van der Waals surface area contributed by atoms with Gasteiger partial charge in [-0.15, -0.1) is 0 Å². The fourth-order valence-electron chi connectivity index (χ4n) is 6.13. The average Bonchev–Trinajstić information content (AvgIpc) is 3.59. The van der Waals surface area contributed by atoms with Crippen LogP contribution in [0.2, 0.25) is 0 Å². The molecule has 7 rings (SSSR count). The Bertz CT molecular complexity index is 1070. The lowest BCUT2D eigenvalue weighted by molar-refractivity contribution is -0.141. The standard InChI is InChI=1S/C27H25NO4/c29-23(32-18-8-6-17(7-9-18)14-16-4-2-1-3-5-16)12-13-28-26(30)24-19-10-11-20(22-15-21(19)22)25(24)27(28)31/h1-11,19-22,24-25H,12-15H2/t19-,20-,21-,22-,24-,25+/m0/s1. The van der Waals surface area contributed by atoms with Crippen LogP contribution < -0.4 is 4.74 Å². The summed E-state index contributed by atoms with van der Waals surface area (Å²) in [6.45, 7) is 0.102. The molecule has 0 N–H and O–H groups in total. The molecule has 0 spiro atoms. The van der Waals surface area contributed by atoms with E-state index in [2.05, 4.69) is 24.3 Å². The molecule has 0 unspecified atom stereocenters. The van der Waals surface area contributed by atoms with Gasteiger partial charge in [-0.3, -0.25) is 19.3 Å². The number of carbonyl (C=O) groups is 3. The van der Waals surface area contributed by atoms with Crippen LogP contribution in [0.4, 0.5) is 0 Å². The zero-order valence-electron chi connectivity index (χ0n) is 17.7. The number of hydrogen-bond donors (Lipinski definition) is 0. The molecule has 5 aliphatic rings. The van der Waals surface area contributed by atoms with Gasteiger partial charge in [0, 0.05) is 6.54 Å². The molecule has 32 heavy (non-hydrogen) atoms. The molecule has 2 aromatic carbocycles. The zero-order valence-corrected chi connectivity index (χ0v) is 17.7. The maximum Gasteiger partial charge on any atom is 0.312 e. The van der Waals surface area contributed by atoms with Gasteiger partial charge in [-0.2, -0.15) is 0 Å². The summed E-state index contributed by atoms with van der Waals surface area (Å²) in [6.07, 6.45) is 6.29. The van der Waals surface area contributed by atoms with Crippen molar-refractivity contribution in [3.05, 3.63) is 77.9 Å². The number of imide groups is 1. The van der Waals surface area contributed by atoms with Crippen molar-refractivity contribution in [2.75, 3.05) is 6.54 Å². The van der Waals surface area contributed by atoms with E-state index in [1.165, 1.54) is 10.5 Å². The van der Waals surface area contributed by atoms with Gasteiger partial charge in [0.1, 0.15) is 5.75 Å². The minimum Gasteiger partial charge on any atom is -0.426 e. The molecule has 4 aliphatic carbocycles. The Balaban J connectivity index is 1.05.